The molecule has 20 heavy (non-hydrogen) atoms. The number of amides is 1. The van der Waals surface area contributed by atoms with Gasteiger partial charge in [-0.15, -0.1) is 0 Å². The van der Waals surface area contributed by atoms with Gasteiger partial charge in [-0.2, -0.15) is 0 Å². The van der Waals surface area contributed by atoms with E-state index in [1.807, 2.05) is 18.2 Å². The van der Waals surface area contributed by atoms with Crippen LogP contribution < -0.4 is 10.6 Å². The minimum absolute atomic E-state index is 0.0748. The third kappa shape index (κ3) is 3.19. The normalized spacial score (nSPS) is 26.5. The molecule has 3 rings (SSSR count). The third-order valence-electron chi connectivity index (χ3n) is 4.16. The number of benzene rings is 1. The van der Waals surface area contributed by atoms with Crippen LogP contribution in [0.25, 0.3) is 0 Å². The van der Waals surface area contributed by atoms with Crippen LogP contribution in [0.3, 0.4) is 0 Å². The first-order chi connectivity index (χ1) is 9.83. The third-order valence-corrected chi connectivity index (χ3v) is 4.16. The van der Waals surface area contributed by atoms with Crippen LogP contribution in [0.4, 0.5) is 5.69 Å². The monoisotopic (exact) mass is 274 g/mol. The van der Waals surface area contributed by atoms with Crippen LogP contribution in [0.15, 0.2) is 24.3 Å². The Bertz CT molecular complexity index is 469. The van der Waals surface area contributed by atoms with Gasteiger partial charge in [0.05, 0.1) is 12.1 Å². The zero-order valence-corrected chi connectivity index (χ0v) is 11.7. The molecule has 0 bridgehead atoms. The quantitative estimate of drug-likeness (QED) is 0.887. The number of para-hydroxylation sites is 1. The van der Waals surface area contributed by atoms with Gasteiger partial charge in [-0.25, -0.2) is 0 Å². The lowest BCUT2D eigenvalue weighted by atomic mass is 10.1. The summed E-state index contributed by atoms with van der Waals surface area (Å²) in [6.07, 6.45) is 5.53. The van der Waals surface area contributed by atoms with Crippen molar-refractivity contribution in [2.24, 2.45) is 0 Å². The van der Waals surface area contributed by atoms with E-state index < -0.39 is 0 Å². The molecule has 108 valence electrons. The molecule has 2 aliphatic rings. The van der Waals surface area contributed by atoms with Crippen molar-refractivity contribution in [2.45, 2.75) is 44.2 Å². The van der Waals surface area contributed by atoms with Gasteiger partial charge < -0.3 is 15.4 Å². The SMILES string of the molecule is O=C1Nc2ccccc2CCC1NCC1CCCCO1. The maximum Gasteiger partial charge on any atom is 0.241 e. The summed E-state index contributed by atoms with van der Waals surface area (Å²) in [7, 11) is 0. The average Bonchev–Trinajstić information content (AvgIpc) is 2.65. The molecule has 0 saturated carbocycles. The molecule has 2 aliphatic heterocycles. The van der Waals surface area contributed by atoms with Gasteiger partial charge in [0.15, 0.2) is 0 Å². The van der Waals surface area contributed by atoms with Crippen LogP contribution in [0, 0.1) is 0 Å². The number of ether oxygens (including phenoxy) is 1. The van der Waals surface area contributed by atoms with Gasteiger partial charge >= 0.3 is 0 Å². The Hall–Kier alpha value is -1.39. The van der Waals surface area contributed by atoms with Crippen molar-refractivity contribution in [3.8, 4) is 0 Å². The van der Waals surface area contributed by atoms with E-state index in [0.29, 0.717) is 0 Å². The molecule has 4 heteroatoms. The van der Waals surface area contributed by atoms with E-state index in [0.717, 1.165) is 44.5 Å². The molecule has 0 aromatic heterocycles. The van der Waals surface area contributed by atoms with E-state index in [1.54, 1.807) is 0 Å². The lowest BCUT2D eigenvalue weighted by molar-refractivity contribution is -0.118. The molecule has 2 unspecified atom stereocenters. The molecular weight excluding hydrogens is 252 g/mol. The fraction of sp³-hybridized carbons (Fsp3) is 0.562. The zero-order chi connectivity index (χ0) is 13.8. The first kappa shape index (κ1) is 13.6. The van der Waals surface area contributed by atoms with Gasteiger partial charge in [0.2, 0.25) is 5.91 Å². The molecule has 2 atom stereocenters. The van der Waals surface area contributed by atoms with Crippen molar-refractivity contribution in [1.82, 2.24) is 5.32 Å². The summed E-state index contributed by atoms with van der Waals surface area (Å²) in [6.45, 7) is 1.63. The van der Waals surface area contributed by atoms with Crippen molar-refractivity contribution >= 4 is 11.6 Å². The van der Waals surface area contributed by atoms with E-state index in [2.05, 4.69) is 16.7 Å². The molecule has 1 saturated heterocycles. The molecule has 1 fully saturated rings. The van der Waals surface area contributed by atoms with Crippen molar-refractivity contribution in [2.75, 3.05) is 18.5 Å². The second-order valence-corrected chi connectivity index (χ2v) is 5.63. The van der Waals surface area contributed by atoms with Crippen molar-refractivity contribution in [3.63, 3.8) is 0 Å². The maximum absolute atomic E-state index is 12.2. The van der Waals surface area contributed by atoms with E-state index in [4.69, 9.17) is 4.74 Å². The van der Waals surface area contributed by atoms with Crippen LogP contribution in [0.1, 0.15) is 31.2 Å². The van der Waals surface area contributed by atoms with Gasteiger partial charge in [0.25, 0.3) is 0 Å². The fourth-order valence-electron chi connectivity index (χ4n) is 2.95. The van der Waals surface area contributed by atoms with Crippen LogP contribution in [0.2, 0.25) is 0 Å². The Morgan fingerprint density at radius 1 is 1.25 bits per heavy atom. The predicted octanol–water partition coefficient (Wildman–Crippen LogP) is 2.10. The lowest BCUT2D eigenvalue weighted by Crippen LogP contribution is -2.44. The van der Waals surface area contributed by atoms with Crippen molar-refractivity contribution in [3.05, 3.63) is 29.8 Å². The molecule has 2 N–H and O–H groups in total. The smallest absolute Gasteiger partial charge is 0.241 e. The Morgan fingerprint density at radius 3 is 3.00 bits per heavy atom. The summed E-state index contributed by atoms with van der Waals surface area (Å²) in [5.41, 5.74) is 2.18. The van der Waals surface area contributed by atoms with Crippen LogP contribution in [0.5, 0.6) is 0 Å². The Kier molecular flexibility index (Phi) is 4.33. The predicted molar refractivity (Wildman–Crippen MR) is 78.8 cm³/mol. The number of hydrogen-bond acceptors (Lipinski definition) is 3. The standard InChI is InChI=1S/C16H22N2O2/c19-16-15(17-11-13-6-3-4-10-20-13)9-8-12-5-1-2-7-14(12)18-16/h1-2,5,7,13,15,17H,3-4,6,8-11H2,(H,18,19). The summed E-state index contributed by atoms with van der Waals surface area (Å²) in [5, 5.41) is 6.40. The van der Waals surface area contributed by atoms with E-state index in [9.17, 15) is 4.79 Å². The van der Waals surface area contributed by atoms with E-state index in [1.165, 1.54) is 12.0 Å². The van der Waals surface area contributed by atoms with Crippen LogP contribution >= 0.6 is 0 Å². The molecule has 2 heterocycles. The summed E-state index contributed by atoms with van der Waals surface area (Å²) >= 11 is 0. The van der Waals surface area contributed by atoms with Gasteiger partial charge in [-0.05, 0) is 43.7 Å². The van der Waals surface area contributed by atoms with E-state index >= 15 is 0 Å². The molecular formula is C16H22N2O2. The summed E-state index contributed by atoms with van der Waals surface area (Å²) < 4.78 is 5.70. The van der Waals surface area contributed by atoms with E-state index in [-0.39, 0.29) is 18.1 Å². The second kappa shape index (κ2) is 6.37. The number of carbonyl (C=O) groups is 1. The number of hydrogen-bond donors (Lipinski definition) is 2. The number of fused-ring (bicyclic) bond motifs is 1. The minimum atomic E-state index is -0.118. The van der Waals surface area contributed by atoms with Gasteiger partial charge in [-0.3, -0.25) is 4.79 Å². The molecule has 1 aromatic carbocycles. The number of carbonyl (C=O) groups excluding carboxylic acids is 1. The Balaban J connectivity index is 1.57. The first-order valence-electron chi connectivity index (χ1n) is 7.57. The zero-order valence-electron chi connectivity index (χ0n) is 11.7. The number of aryl methyl sites for hydroxylation is 1. The Labute approximate surface area is 119 Å². The topological polar surface area (TPSA) is 50.4 Å². The highest BCUT2D eigenvalue weighted by molar-refractivity contribution is 5.96. The fourth-order valence-corrected chi connectivity index (χ4v) is 2.95. The highest BCUT2D eigenvalue weighted by atomic mass is 16.5. The highest BCUT2D eigenvalue weighted by Crippen LogP contribution is 2.21. The average molecular weight is 274 g/mol. The van der Waals surface area contributed by atoms with Gasteiger partial charge in [0.1, 0.15) is 0 Å². The Morgan fingerprint density at radius 2 is 2.15 bits per heavy atom. The summed E-state index contributed by atoms with van der Waals surface area (Å²) in [6, 6.07) is 7.92. The largest absolute Gasteiger partial charge is 0.377 e. The van der Waals surface area contributed by atoms with Crippen molar-refractivity contribution in [1.29, 1.82) is 0 Å². The number of rotatable bonds is 3. The summed E-state index contributed by atoms with van der Waals surface area (Å²) in [5.74, 6) is 0.0748. The van der Waals surface area contributed by atoms with Crippen molar-refractivity contribution < 1.29 is 9.53 Å². The van der Waals surface area contributed by atoms with Crippen LogP contribution in [-0.4, -0.2) is 31.2 Å². The minimum Gasteiger partial charge on any atom is -0.377 e. The van der Waals surface area contributed by atoms with Gasteiger partial charge in [0, 0.05) is 18.8 Å². The molecule has 0 radical (unpaired) electrons. The maximum atomic E-state index is 12.2. The number of anilines is 1. The molecule has 1 aromatic rings. The number of nitrogens with one attached hydrogen (secondary N) is 2. The molecule has 4 nitrogen and oxygen atoms in total. The first-order valence-corrected chi connectivity index (χ1v) is 7.57. The summed E-state index contributed by atoms with van der Waals surface area (Å²) in [4.78, 5) is 12.2. The second-order valence-electron chi connectivity index (χ2n) is 5.63. The van der Waals surface area contributed by atoms with Gasteiger partial charge in [-0.1, -0.05) is 18.2 Å². The lowest BCUT2D eigenvalue weighted by Gasteiger charge is -2.25. The molecule has 0 aliphatic carbocycles. The molecule has 1 amide bonds. The van der Waals surface area contributed by atoms with Crippen LogP contribution in [-0.2, 0) is 16.0 Å². The highest BCUT2D eigenvalue weighted by Gasteiger charge is 2.24. The molecule has 0 spiro atoms.